The van der Waals surface area contributed by atoms with Gasteiger partial charge in [0.05, 0.1) is 11.0 Å². The van der Waals surface area contributed by atoms with E-state index < -0.39 is 23.4 Å². The molecule has 1 aliphatic heterocycles. The molecule has 0 aliphatic carbocycles. The number of aromatic nitrogens is 2. The summed E-state index contributed by atoms with van der Waals surface area (Å²) in [5.41, 5.74) is 1.34. The fourth-order valence-corrected chi connectivity index (χ4v) is 4.52. The number of aryl methyl sites for hydroxylation is 1. The summed E-state index contributed by atoms with van der Waals surface area (Å²) >= 11 is 0. The number of fused-ring (bicyclic) bond motifs is 2. The lowest BCUT2D eigenvalue weighted by Gasteiger charge is -2.22. The van der Waals surface area contributed by atoms with E-state index in [2.05, 4.69) is 15.6 Å². The summed E-state index contributed by atoms with van der Waals surface area (Å²) in [5.74, 6) is 0.0170. The Balaban J connectivity index is 1.25. The fourth-order valence-electron chi connectivity index (χ4n) is 4.52. The van der Waals surface area contributed by atoms with Gasteiger partial charge >= 0.3 is 6.03 Å². The first-order valence-electron chi connectivity index (χ1n) is 11.2. The second kappa shape index (κ2) is 8.30. The molecule has 0 radical (unpaired) electrons. The van der Waals surface area contributed by atoms with Crippen molar-refractivity contribution in [1.29, 1.82) is 0 Å². The molecule has 34 heavy (non-hydrogen) atoms. The van der Waals surface area contributed by atoms with E-state index in [0.29, 0.717) is 18.7 Å². The first kappa shape index (κ1) is 21.6. The number of imide groups is 1. The fraction of sp³-hybridized carbons (Fsp3) is 0.231. The summed E-state index contributed by atoms with van der Waals surface area (Å²) in [6.45, 7) is 4.14. The van der Waals surface area contributed by atoms with Crippen molar-refractivity contribution < 1.29 is 14.4 Å². The summed E-state index contributed by atoms with van der Waals surface area (Å²) in [7, 11) is 0. The van der Waals surface area contributed by atoms with E-state index in [1.54, 1.807) is 6.92 Å². The van der Waals surface area contributed by atoms with Crippen LogP contribution in [0.15, 0.2) is 66.7 Å². The van der Waals surface area contributed by atoms with Crippen LogP contribution in [-0.2, 0) is 21.7 Å². The van der Waals surface area contributed by atoms with Crippen molar-refractivity contribution in [3.05, 3.63) is 78.1 Å². The molecule has 2 heterocycles. The average molecular weight is 456 g/mol. The number of nitrogens with zero attached hydrogens (tertiary/aromatic N) is 3. The van der Waals surface area contributed by atoms with Crippen LogP contribution >= 0.6 is 0 Å². The highest BCUT2D eigenvalue weighted by Crippen LogP contribution is 2.30. The van der Waals surface area contributed by atoms with Crippen molar-refractivity contribution in [3.63, 3.8) is 0 Å². The van der Waals surface area contributed by atoms with Crippen LogP contribution in [-0.4, -0.2) is 45.4 Å². The third-order valence-electron chi connectivity index (χ3n) is 6.41. The van der Waals surface area contributed by atoms with Crippen LogP contribution in [0.5, 0.6) is 0 Å². The number of para-hydroxylation sites is 2. The summed E-state index contributed by atoms with van der Waals surface area (Å²) in [6.07, 6.45) is 0. The first-order chi connectivity index (χ1) is 16.4. The van der Waals surface area contributed by atoms with Crippen LogP contribution in [0.25, 0.3) is 21.8 Å². The van der Waals surface area contributed by atoms with Crippen molar-refractivity contribution >= 4 is 39.7 Å². The quantitative estimate of drug-likeness (QED) is 0.437. The molecule has 1 aromatic heterocycles. The Hall–Kier alpha value is -4.20. The lowest BCUT2D eigenvalue weighted by Crippen LogP contribution is -2.43. The van der Waals surface area contributed by atoms with Crippen LogP contribution in [0.2, 0.25) is 0 Å². The topological polar surface area (TPSA) is 96.3 Å². The number of hydrogen-bond donors (Lipinski definition) is 2. The number of urea groups is 1. The van der Waals surface area contributed by atoms with Gasteiger partial charge in [0.2, 0.25) is 5.91 Å². The molecular weight excluding hydrogens is 430 g/mol. The number of carbonyl (C=O) groups is 3. The van der Waals surface area contributed by atoms with E-state index in [9.17, 15) is 14.4 Å². The Labute approximate surface area is 196 Å². The highest BCUT2D eigenvalue weighted by Gasteiger charge is 2.49. The molecule has 2 N–H and O–H groups in total. The lowest BCUT2D eigenvalue weighted by atomic mass is 9.90. The van der Waals surface area contributed by atoms with Crippen molar-refractivity contribution in [2.45, 2.75) is 25.9 Å². The Morgan fingerprint density at radius 3 is 2.59 bits per heavy atom. The van der Waals surface area contributed by atoms with Gasteiger partial charge in [-0.2, -0.15) is 0 Å². The molecule has 1 atom stereocenters. The standard InChI is InChI=1S/C26H25N5O3/c1-17-28-21-9-5-6-10-22(21)30(17)14-13-27-23(32)16-31-24(33)26(2,29-25(31)34)20-12-11-18-7-3-4-8-19(18)15-20/h3-12,15H,13-14,16H2,1-2H3,(H,27,32)(H,29,34)/t26-/m1/s1. The molecule has 8 heteroatoms. The maximum atomic E-state index is 13.2. The van der Waals surface area contributed by atoms with E-state index in [-0.39, 0.29) is 6.54 Å². The highest BCUT2D eigenvalue weighted by molar-refractivity contribution is 6.09. The van der Waals surface area contributed by atoms with E-state index >= 15 is 0 Å². The predicted molar refractivity (Wildman–Crippen MR) is 129 cm³/mol. The van der Waals surface area contributed by atoms with E-state index in [4.69, 9.17) is 0 Å². The second-order valence-corrected chi connectivity index (χ2v) is 8.66. The number of nitrogens with one attached hydrogen (secondary N) is 2. The summed E-state index contributed by atoms with van der Waals surface area (Å²) in [6, 6.07) is 20.7. The Morgan fingerprint density at radius 2 is 1.76 bits per heavy atom. The molecule has 1 fully saturated rings. The van der Waals surface area contributed by atoms with Gasteiger partial charge in [0.1, 0.15) is 17.9 Å². The van der Waals surface area contributed by atoms with Crippen LogP contribution < -0.4 is 10.6 Å². The number of imidazole rings is 1. The Kier molecular flexibility index (Phi) is 5.28. The SMILES string of the molecule is Cc1nc2ccccc2n1CCNC(=O)CN1C(=O)N[C@](C)(c2ccc3ccccc3c2)C1=O. The minimum Gasteiger partial charge on any atom is -0.353 e. The van der Waals surface area contributed by atoms with Crippen molar-refractivity contribution in [2.75, 3.05) is 13.1 Å². The average Bonchev–Trinajstić information content (AvgIpc) is 3.27. The molecule has 8 nitrogen and oxygen atoms in total. The van der Waals surface area contributed by atoms with Gasteiger partial charge in [0.25, 0.3) is 5.91 Å². The molecule has 172 valence electrons. The molecule has 0 saturated carbocycles. The molecule has 0 bridgehead atoms. The zero-order chi connectivity index (χ0) is 23.9. The third kappa shape index (κ3) is 3.67. The van der Waals surface area contributed by atoms with Crippen LogP contribution in [0.3, 0.4) is 0 Å². The minimum atomic E-state index is -1.23. The molecule has 4 amide bonds. The maximum absolute atomic E-state index is 13.2. The monoisotopic (exact) mass is 455 g/mol. The zero-order valence-corrected chi connectivity index (χ0v) is 19.0. The van der Waals surface area contributed by atoms with Gasteiger partial charge in [-0.05, 0) is 48.4 Å². The van der Waals surface area contributed by atoms with Gasteiger partial charge in [0, 0.05) is 13.1 Å². The number of rotatable bonds is 6. The van der Waals surface area contributed by atoms with Crippen LogP contribution in [0.1, 0.15) is 18.3 Å². The summed E-state index contributed by atoms with van der Waals surface area (Å²) in [5, 5.41) is 7.60. The van der Waals surface area contributed by atoms with Gasteiger partial charge < -0.3 is 15.2 Å². The normalized spacial score (nSPS) is 18.0. The van der Waals surface area contributed by atoms with Crippen molar-refractivity contribution in [3.8, 4) is 0 Å². The maximum Gasteiger partial charge on any atom is 0.325 e. The molecule has 0 spiro atoms. The smallest absolute Gasteiger partial charge is 0.325 e. The number of benzene rings is 3. The molecule has 1 aliphatic rings. The number of carbonyl (C=O) groups excluding carboxylic acids is 3. The Morgan fingerprint density at radius 1 is 1.03 bits per heavy atom. The molecule has 5 rings (SSSR count). The van der Waals surface area contributed by atoms with E-state index in [0.717, 1.165) is 32.5 Å². The zero-order valence-electron chi connectivity index (χ0n) is 19.0. The van der Waals surface area contributed by atoms with Crippen LogP contribution in [0.4, 0.5) is 4.79 Å². The summed E-state index contributed by atoms with van der Waals surface area (Å²) in [4.78, 5) is 43.9. The molecule has 1 saturated heterocycles. The van der Waals surface area contributed by atoms with E-state index in [1.165, 1.54) is 0 Å². The molecule has 4 aromatic rings. The highest BCUT2D eigenvalue weighted by atomic mass is 16.2. The van der Waals surface area contributed by atoms with Crippen molar-refractivity contribution in [2.24, 2.45) is 0 Å². The summed E-state index contributed by atoms with van der Waals surface area (Å²) < 4.78 is 2.03. The van der Waals surface area contributed by atoms with Gasteiger partial charge in [-0.3, -0.25) is 14.5 Å². The largest absolute Gasteiger partial charge is 0.353 e. The molecular formula is C26H25N5O3. The first-order valence-corrected chi connectivity index (χ1v) is 11.2. The lowest BCUT2D eigenvalue weighted by molar-refractivity contribution is -0.134. The third-order valence-corrected chi connectivity index (χ3v) is 6.41. The van der Waals surface area contributed by atoms with Gasteiger partial charge in [-0.1, -0.05) is 48.5 Å². The molecule has 3 aromatic carbocycles. The van der Waals surface area contributed by atoms with Crippen LogP contribution in [0, 0.1) is 6.92 Å². The number of hydrogen-bond acceptors (Lipinski definition) is 4. The van der Waals surface area contributed by atoms with Gasteiger partial charge in [-0.25, -0.2) is 9.78 Å². The second-order valence-electron chi connectivity index (χ2n) is 8.66. The number of amides is 4. The van der Waals surface area contributed by atoms with E-state index in [1.807, 2.05) is 78.2 Å². The minimum absolute atomic E-state index is 0.336. The van der Waals surface area contributed by atoms with Gasteiger partial charge in [-0.15, -0.1) is 0 Å². The van der Waals surface area contributed by atoms with Crippen molar-refractivity contribution in [1.82, 2.24) is 25.1 Å². The predicted octanol–water partition coefficient (Wildman–Crippen LogP) is 3.08. The Bertz CT molecular complexity index is 1440. The molecule has 0 unspecified atom stereocenters. The van der Waals surface area contributed by atoms with Gasteiger partial charge in [0.15, 0.2) is 0 Å².